The summed E-state index contributed by atoms with van der Waals surface area (Å²) in [5.74, 6) is 2.62. The van der Waals surface area contributed by atoms with Crippen LogP contribution in [0.1, 0.15) is 31.7 Å². The predicted octanol–water partition coefficient (Wildman–Crippen LogP) is 2.29. The molecule has 0 spiro atoms. The quantitative estimate of drug-likeness (QED) is 0.557. The molecule has 0 fully saturated rings. The van der Waals surface area contributed by atoms with Crippen molar-refractivity contribution in [3.05, 3.63) is 35.9 Å². The molecule has 0 aliphatic carbocycles. The SMILES string of the molecule is C#CCCCCNCC(C)(O)c1ccccc1. The number of aliphatic hydroxyl groups is 1. The van der Waals surface area contributed by atoms with Crippen LogP contribution in [0.2, 0.25) is 0 Å². The van der Waals surface area contributed by atoms with Crippen LogP contribution in [0.5, 0.6) is 0 Å². The Morgan fingerprint density at radius 2 is 2.00 bits per heavy atom. The first-order chi connectivity index (χ1) is 8.17. The van der Waals surface area contributed by atoms with Gasteiger partial charge in [-0.05, 0) is 31.9 Å². The molecule has 0 aromatic heterocycles. The maximum atomic E-state index is 10.3. The number of terminal acetylenes is 1. The highest BCUT2D eigenvalue weighted by Gasteiger charge is 2.21. The lowest BCUT2D eigenvalue weighted by molar-refractivity contribution is 0.0571. The molecule has 0 amide bonds. The molecule has 17 heavy (non-hydrogen) atoms. The molecule has 1 atom stereocenters. The molecule has 0 aliphatic rings. The second kappa shape index (κ2) is 7.11. The average Bonchev–Trinajstić information content (AvgIpc) is 2.35. The highest BCUT2D eigenvalue weighted by atomic mass is 16.3. The molecule has 1 rings (SSSR count). The molecule has 0 saturated carbocycles. The van der Waals surface area contributed by atoms with Gasteiger partial charge in [-0.3, -0.25) is 0 Å². The molecule has 0 aliphatic heterocycles. The van der Waals surface area contributed by atoms with Crippen molar-refractivity contribution in [1.82, 2.24) is 5.32 Å². The smallest absolute Gasteiger partial charge is 0.0992 e. The minimum Gasteiger partial charge on any atom is -0.384 e. The van der Waals surface area contributed by atoms with Gasteiger partial charge in [-0.25, -0.2) is 0 Å². The van der Waals surface area contributed by atoms with Crippen LogP contribution in [0.3, 0.4) is 0 Å². The number of hydrogen-bond donors (Lipinski definition) is 2. The molecule has 92 valence electrons. The fourth-order valence-corrected chi connectivity index (χ4v) is 1.71. The second-order valence-electron chi connectivity index (χ2n) is 4.48. The standard InChI is InChI=1S/C15H21NO/c1-3-4-5-9-12-16-13-15(2,17)14-10-7-6-8-11-14/h1,6-8,10-11,16-17H,4-5,9,12-13H2,2H3. The average molecular weight is 231 g/mol. The van der Waals surface area contributed by atoms with Crippen LogP contribution in [0, 0.1) is 12.3 Å². The van der Waals surface area contributed by atoms with Gasteiger partial charge in [0.2, 0.25) is 0 Å². The first-order valence-corrected chi connectivity index (χ1v) is 6.09. The van der Waals surface area contributed by atoms with E-state index in [0.717, 1.165) is 31.4 Å². The molecule has 2 nitrogen and oxygen atoms in total. The lowest BCUT2D eigenvalue weighted by atomic mass is 9.96. The third kappa shape index (κ3) is 5.04. The Hall–Kier alpha value is -1.30. The molecular formula is C15H21NO. The monoisotopic (exact) mass is 231 g/mol. The van der Waals surface area contributed by atoms with Crippen LogP contribution in [0.15, 0.2) is 30.3 Å². The molecule has 0 saturated heterocycles. The molecule has 1 aromatic carbocycles. The third-order valence-electron chi connectivity index (χ3n) is 2.79. The van der Waals surface area contributed by atoms with Crippen LogP contribution in [0.25, 0.3) is 0 Å². The van der Waals surface area contributed by atoms with Gasteiger partial charge < -0.3 is 10.4 Å². The van der Waals surface area contributed by atoms with Crippen molar-refractivity contribution in [1.29, 1.82) is 0 Å². The summed E-state index contributed by atoms with van der Waals surface area (Å²) < 4.78 is 0. The minimum absolute atomic E-state index is 0.563. The molecule has 2 N–H and O–H groups in total. The predicted molar refractivity (Wildman–Crippen MR) is 71.6 cm³/mol. The third-order valence-corrected chi connectivity index (χ3v) is 2.79. The molecule has 1 aromatic rings. The van der Waals surface area contributed by atoms with Gasteiger partial charge in [0.1, 0.15) is 0 Å². The van der Waals surface area contributed by atoms with Crippen molar-refractivity contribution in [3.63, 3.8) is 0 Å². The summed E-state index contributed by atoms with van der Waals surface area (Å²) in [5.41, 5.74) is 0.129. The van der Waals surface area contributed by atoms with Crippen molar-refractivity contribution in [3.8, 4) is 12.3 Å². The van der Waals surface area contributed by atoms with Crippen molar-refractivity contribution < 1.29 is 5.11 Å². The lowest BCUT2D eigenvalue weighted by Crippen LogP contribution is -2.35. The Morgan fingerprint density at radius 1 is 1.29 bits per heavy atom. The zero-order chi connectivity index (χ0) is 12.6. The van der Waals surface area contributed by atoms with Crippen LogP contribution in [-0.2, 0) is 5.60 Å². The summed E-state index contributed by atoms with van der Waals surface area (Å²) in [6, 6.07) is 9.72. The van der Waals surface area contributed by atoms with E-state index in [-0.39, 0.29) is 0 Å². The lowest BCUT2D eigenvalue weighted by Gasteiger charge is -2.24. The summed E-state index contributed by atoms with van der Waals surface area (Å²) >= 11 is 0. The normalized spacial score (nSPS) is 13.9. The molecule has 0 bridgehead atoms. The second-order valence-corrected chi connectivity index (χ2v) is 4.48. The first kappa shape index (κ1) is 13.8. The van der Waals surface area contributed by atoms with E-state index < -0.39 is 5.60 Å². The van der Waals surface area contributed by atoms with Gasteiger partial charge in [0.05, 0.1) is 5.60 Å². The molecule has 2 heteroatoms. The number of benzene rings is 1. The van der Waals surface area contributed by atoms with Crippen molar-refractivity contribution >= 4 is 0 Å². The topological polar surface area (TPSA) is 32.3 Å². The number of unbranched alkanes of at least 4 members (excludes halogenated alkanes) is 2. The highest BCUT2D eigenvalue weighted by Crippen LogP contribution is 2.18. The maximum Gasteiger partial charge on any atom is 0.0992 e. The summed E-state index contributed by atoms with van der Waals surface area (Å²) in [6.07, 6.45) is 8.10. The molecule has 1 unspecified atom stereocenters. The van der Waals surface area contributed by atoms with E-state index in [0.29, 0.717) is 6.54 Å². The van der Waals surface area contributed by atoms with Crippen molar-refractivity contribution in [2.24, 2.45) is 0 Å². The van der Waals surface area contributed by atoms with Crippen LogP contribution >= 0.6 is 0 Å². The minimum atomic E-state index is -0.812. The largest absolute Gasteiger partial charge is 0.384 e. The van der Waals surface area contributed by atoms with Gasteiger partial charge >= 0.3 is 0 Å². The summed E-state index contributed by atoms with van der Waals surface area (Å²) in [5, 5.41) is 13.6. The zero-order valence-corrected chi connectivity index (χ0v) is 10.4. The van der Waals surface area contributed by atoms with Gasteiger partial charge in [-0.1, -0.05) is 30.3 Å². The number of hydrogen-bond acceptors (Lipinski definition) is 2. The van der Waals surface area contributed by atoms with Gasteiger partial charge in [0.25, 0.3) is 0 Å². The van der Waals surface area contributed by atoms with Crippen LogP contribution in [0.4, 0.5) is 0 Å². The first-order valence-electron chi connectivity index (χ1n) is 6.09. The van der Waals surface area contributed by atoms with E-state index in [4.69, 9.17) is 6.42 Å². The van der Waals surface area contributed by atoms with Crippen LogP contribution < -0.4 is 5.32 Å². The highest BCUT2D eigenvalue weighted by molar-refractivity contribution is 5.21. The summed E-state index contributed by atoms with van der Waals surface area (Å²) in [6.45, 7) is 3.29. The Kier molecular flexibility index (Phi) is 5.76. The van der Waals surface area contributed by atoms with Crippen molar-refractivity contribution in [2.45, 2.75) is 31.8 Å². The fourth-order valence-electron chi connectivity index (χ4n) is 1.71. The Morgan fingerprint density at radius 3 is 2.65 bits per heavy atom. The van der Waals surface area contributed by atoms with E-state index >= 15 is 0 Å². The Labute approximate surface area is 104 Å². The van der Waals surface area contributed by atoms with Gasteiger partial charge in [0, 0.05) is 13.0 Å². The van der Waals surface area contributed by atoms with E-state index in [1.807, 2.05) is 37.3 Å². The van der Waals surface area contributed by atoms with Crippen molar-refractivity contribution in [2.75, 3.05) is 13.1 Å². The van der Waals surface area contributed by atoms with E-state index in [9.17, 15) is 5.11 Å². The number of rotatable bonds is 7. The van der Waals surface area contributed by atoms with Crippen LogP contribution in [-0.4, -0.2) is 18.2 Å². The fraction of sp³-hybridized carbons (Fsp3) is 0.467. The van der Waals surface area contributed by atoms with E-state index in [1.165, 1.54) is 0 Å². The van der Waals surface area contributed by atoms with Gasteiger partial charge in [-0.15, -0.1) is 12.3 Å². The number of nitrogens with one attached hydrogen (secondary N) is 1. The van der Waals surface area contributed by atoms with Gasteiger partial charge in [-0.2, -0.15) is 0 Å². The Balaban J connectivity index is 2.29. The van der Waals surface area contributed by atoms with E-state index in [2.05, 4.69) is 11.2 Å². The molecule has 0 heterocycles. The zero-order valence-electron chi connectivity index (χ0n) is 10.4. The summed E-state index contributed by atoms with van der Waals surface area (Å²) in [4.78, 5) is 0. The van der Waals surface area contributed by atoms with E-state index in [1.54, 1.807) is 0 Å². The Bertz CT molecular complexity index is 351. The molecular weight excluding hydrogens is 210 g/mol. The summed E-state index contributed by atoms with van der Waals surface area (Å²) in [7, 11) is 0. The van der Waals surface area contributed by atoms with Gasteiger partial charge in [0.15, 0.2) is 0 Å². The molecule has 0 radical (unpaired) electrons. The maximum absolute atomic E-state index is 10.3.